The van der Waals surface area contributed by atoms with Gasteiger partial charge in [0.25, 0.3) is 6.47 Å². The first kappa shape index (κ1) is 23.7. The fourth-order valence-corrected chi connectivity index (χ4v) is 3.77. The average molecular weight is 439 g/mol. The summed E-state index contributed by atoms with van der Waals surface area (Å²) in [6.45, 7) is 5.13. The van der Waals surface area contributed by atoms with E-state index in [1.165, 1.54) is 12.8 Å². The molecule has 2 aromatic rings. The average Bonchev–Trinajstić information content (AvgIpc) is 3.19. The lowest BCUT2D eigenvalue weighted by Gasteiger charge is -2.20. The van der Waals surface area contributed by atoms with E-state index in [0.29, 0.717) is 24.9 Å². The van der Waals surface area contributed by atoms with Crippen LogP contribution in [0.15, 0.2) is 66.7 Å². The van der Waals surface area contributed by atoms with Crippen LogP contribution in [-0.4, -0.2) is 44.7 Å². The van der Waals surface area contributed by atoms with Gasteiger partial charge < -0.3 is 18.9 Å². The van der Waals surface area contributed by atoms with Crippen LogP contribution in [0.4, 0.5) is 0 Å². The molecule has 6 heteroatoms. The molecule has 1 saturated heterocycles. The van der Waals surface area contributed by atoms with Crippen LogP contribution in [0.2, 0.25) is 0 Å². The molecule has 2 aliphatic rings. The van der Waals surface area contributed by atoms with Crippen molar-refractivity contribution in [2.45, 2.75) is 50.6 Å². The van der Waals surface area contributed by atoms with Crippen molar-refractivity contribution in [1.29, 1.82) is 0 Å². The van der Waals surface area contributed by atoms with Crippen LogP contribution >= 0.6 is 0 Å². The summed E-state index contributed by atoms with van der Waals surface area (Å²) < 4.78 is 20.6. The maximum atomic E-state index is 12.3. The Morgan fingerprint density at radius 2 is 1.78 bits per heavy atom. The Hall–Kier alpha value is -2.96. The molecule has 2 fully saturated rings. The summed E-state index contributed by atoms with van der Waals surface area (Å²) in [4.78, 5) is 22.7. The minimum atomic E-state index is -0.376. The first-order valence-corrected chi connectivity index (χ1v) is 10.9. The highest BCUT2D eigenvalue weighted by Gasteiger charge is 2.32. The molecule has 0 amide bonds. The molecule has 1 aliphatic heterocycles. The zero-order valence-corrected chi connectivity index (χ0v) is 18.4. The smallest absolute Gasteiger partial charge is 0.338 e. The summed E-state index contributed by atoms with van der Waals surface area (Å²) in [6, 6.07) is 17.3. The molecular formula is C26H30O6. The third-order valence-corrected chi connectivity index (χ3v) is 5.54. The zero-order chi connectivity index (χ0) is 22.8. The number of carbonyl (C=O) groups is 2. The molecule has 0 N–H and O–H groups in total. The highest BCUT2D eigenvalue weighted by Crippen LogP contribution is 2.29. The molecule has 1 saturated carbocycles. The van der Waals surface area contributed by atoms with Gasteiger partial charge in [-0.25, -0.2) is 4.79 Å². The summed E-state index contributed by atoms with van der Waals surface area (Å²) in [6.07, 6.45) is 3.92. The van der Waals surface area contributed by atoms with Crippen molar-refractivity contribution in [3.63, 3.8) is 0 Å². The minimum Gasteiger partial charge on any atom is -0.460 e. The molecule has 170 valence electrons. The molecule has 1 unspecified atom stereocenters. The van der Waals surface area contributed by atoms with Gasteiger partial charge in [0.15, 0.2) is 6.29 Å². The largest absolute Gasteiger partial charge is 0.460 e. The third kappa shape index (κ3) is 6.77. The van der Waals surface area contributed by atoms with Crippen LogP contribution in [0.3, 0.4) is 0 Å². The Morgan fingerprint density at radius 1 is 1.06 bits per heavy atom. The number of hydrogen-bond donors (Lipinski definition) is 0. The van der Waals surface area contributed by atoms with Gasteiger partial charge in [0.05, 0.1) is 5.56 Å². The van der Waals surface area contributed by atoms with Gasteiger partial charge in [0, 0.05) is 26.6 Å². The third-order valence-electron chi connectivity index (χ3n) is 5.54. The normalized spacial score (nSPS) is 22.4. The van der Waals surface area contributed by atoms with Crippen molar-refractivity contribution >= 4 is 12.4 Å². The van der Waals surface area contributed by atoms with Gasteiger partial charge in [-0.3, -0.25) is 4.79 Å². The van der Waals surface area contributed by atoms with E-state index in [2.05, 4.69) is 6.58 Å². The Bertz CT molecular complexity index is 871. The van der Waals surface area contributed by atoms with Gasteiger partial charge in [0.1, 0.15) is 12.2 Å². The molecule has 2 aromatic carbocycles. The molecule has 0 aromatic heterocycles. The molecular weight excluding hydrogens is 408 g/mol. The molecule has 1 aliphatic carbocycles. The number of methoxy groups -OCH3 is 1. The van der Waals surface area contributed by atoms with Gasteiger partial charge in [-0.05, 0) is 48.1 Å². The Kier molecular flexibility index (Phi) is 9.01. The topological polar surface area (TPSA) is 71.1 Å². The van der Waals surface area contributed by atoms with E-state index in [1.807, 2.05) is 42.5 Å². The zero-order valence-electron chi connectivity index (χ0n) is 18.4. The van der Waals surface area contributed by atoms with Gasteiger partial charge in [-0.15, -0.1) is 0 Å². The number of benzene rings is 2. The number of rotatable bonds is 6. The highest BCUT2D eigenvalue weighted by atomic mass is 16.7. The highest BCUT2D eigenvalue weighted by molar-refractivity contribution is 5.90. The van der Waals surface area contributed by atoms with Crippen molar-refractivity contribution in [3.05, 3.63) is 72.3 Å². The van der Waals surface area contributed by atoms with Crippen molar-refractivity contribution < 1.29 is 28.5 Å². The quantitative estimate of drug-likeness (QED) is 0.362. The molecule has 32 heavy (non-hydrogen) atoms. The molecule has 0 radical (unpaired) electrons. The van der Waals surface area contributed by atoms with Crippen molar-refractivity contribution in [3.8, 4) is 11.1 Å². The van der Waals surface area contributed by atoms with Crippen LogP contribution in [0, 0.1) is 0 Å². The molecule has 6 nitrogen and oxygen atoms in total. The first-order valence-electron chi connectivity index (χ1n) is 10.9. The summed E-state index contributed by atoms with van der Waals surface area (Å²) in [5, 5.41) is 0. The second-order valence-corrected chi connectivity index (χ2v) is 7.82. The van der Waals surface area contributed by atoms with E-state index in [4.69, 9.17) is 18.9 Å². The fourth-order valence-electron chi connectivity index (χ4n) is 3.77. The van der Waals surface area contributed by atoms with E-state index in [9.17, 15) is 9.59 Å². The Balaban J connectivity index is 0.000000305. The summed E-state index contributed by atoms with van der Waals surface area (Å²) in [7, 11) is 1.69. The van der Waals surface area contributed by atoms with Crippen LogP contribution in [0.1, 0.15) is 42.5 Å². The lowest BCUT2D eigenvalue weighted by molar-refractivity contribution is -0.145. The second-order valence-electron chi connectivity index (χ2n) is 7.82. The van der Waals surface area contributed by atoms with Gasteiger partial charge >= 0.3 is 5.97 Å². The van der Waals surface area contributed by atoms with E-state index in [-0.39, 0.29) is 24.5 Å². The van der Waals surface area contributed by atoms with Crippen molar-refractivity contribution in [2.75, 3.05) is 13.7 Å². The maximum Gasteiger partial charge on any atom is 0.338 e. The Morgan fingerprint density at radius 3 is 2.38 bits per heavy atom. The fraction of sp³-hybridized carbons (Fsp3) is 0.385. The lowest BCUT2D eigenvalue weighted by atomic mass is 10.0. The molecule has 0 bridgehead atoms. The van der Waals surface area contributed by atoms with Gasteiger partial charge in [-0.1, -0.05) is 49.0 Å². The summed E-state index contributed by atoms with van der Waals surface area (Å²) in [5.41, 5.74) is 3.42. The standard InChI is InChI=1S/C20H18O4.C6H12O2/c1-14-11-18(12-19(14)23-13-21)24-20(22)17-9-7-16(8-10-17)15-5-3-2-4-6-15;1-7-6-4-2-3-5-8-6/h2-10,13,18-19H,1,11-12H2;6H,2-5H2,1H3/t18-,19-;/m1./s1. The number of esters is 1. The van der Waals surface area contributed by atoms with E-state index >= 15 is 0 Å². The van der Waals surface area contributed by atoms with Crippen LogP contribution < -0.4 is 0 Å². The van der Waals surface area contributed by atoms with Crippen molar-refractivity contribution in [1.82, 2.24) is 0 Å². The van der Waals surface area contributed by atoms with E-state index in [1.54, 1.807) is 19.2 Å². The second kappa shape index (κ2) is 12.2. The van der Waals surface area contributed by atoms with E-state index in [0.717, 1.165) is 29.7 Å². The van der Waals surface area contributed by atoms with Gasteiger partial charge in [-0.2, -0.15) is 0 Å². The number of ether oxygens (including phenoxy) is 4. The molecule has 1 heterocycles. The minimum absolute atomic E-state index is 0.0868. The van der Waals surface area contributed by atoms with Crippen LogP contribution in [0.25, 0.3) is 11.1 Å². The predicted molar refractivity (Wildman–Crippen MR) is 121 cm³/mol. The summed E-state index contributed by atoms with van der Waals surface area (Å²) in [5.74, 6) is -0.376. The maximum absolute atomic E-state index is 12.3. The molecule has 3 atom stereocenters. The monoisotopic (exact) mass is 438 g/mol. The first-order chi connectivity index (χ1) is 15.6. The van der Waals surface area contributed by atoms with E-state index < -0.39 is 0 Å². The SMILES string of the molecule is C=C1C[C@@H](OC(=O)c2ccc(-c3ccccc3)cc2)C[C@H]1OC=O.COC1CCCCO1. The molecule has 4 rings (SSSR count). The number of hydrogen-bond acceptors (Lipinski definition) is 6. The van der Waals surface area contributed by atoms with Crippen molar-refractivity contribution in [2.24, 2.45) is 0 Å². The Labute approximate surface area is 189 Å². The van der Waals surface area contributed by atoms with Gasteiger partial charge in [0.2, 0.25) is 0 Å². The number of carbonyl (C=O) groups excluding carboxylic acids is 2. The lowest BCUT2D eigenvalue weighted by Crippen LogP contribution is -2.20. The summed E-state index contributed by atoms with van der Waals surface area (Å²) >= 11 is 0. The predicted octanol–water partition coefficient (Wildman–Crippen LogP) is 4.93. The van der Waals surface area contributed by atoms with Crippen LogP contribution in [-0.2, 0) is 23.7 Å². The molecule has 0 spiro atoms. The van der Waals surface area contributed by atoms with Crippen LogP contribution in [0.5, 0.6) is 0 Å².